The van der Waals surface area contributed by atoms with Crippen molar-refractivity contribution in [1.29, 1.82) is 0 Å². The van der Waals surface area contributed by atoms with Crippen molar-refractivity contribution in [2.24, 2.45) is 0 Å². The van der Waals surface area contributed by atoms with Crippen molar-refractivity contribution in [3.05, 3.63) is 95.7 Å². The molecule has 35 heavy (non-hydrogen) atoms. The molecule has 1 amide bonds. The van der Waals surface area contributed by atoms with Gasteiger partial charge < -0.3 is 9.53 Å². The number of amides is 1. The molecule has 6 heteroatoms. The lowest BCUT2D eigenvalue weighted by atomic mass is 9.95. The number of aromatic nitrogens is 1. The first-order valence-electron chi connectivity index (χ1n) is 11.6. The minimum atomic E-state index is -0.511. The molecule has 0 saturated heterocycles. The summed E-state index contributed by atoms with van der Waals surface area (Å²) in [6.45, 7) is 5.73. The Balaban J connectivity index is 1.48. The van der Waals surface area contributed by atoms with Crippen molar-refractivity contribution in [2.45, 2.75) is 39.2 Å². The van der Waals surface area contributed by atoms with Crippen LogP contribution in [0.5, 0.6) is 0 Å². The number of carbonyl (C=O) groups is 2. The fourth-order valence-electron chi connectivity index (χ4n) is 3.95. The van der Waals surface area contributed by atoms with Crippen molar-refractivity contribution in [3.8, 4) is 21.6 Å². The summed E-state index contributed by atoms with van der Waals surface area (Å²) in [5.74, 6) is -0.0608. The van der Waals surface area contributed by atoms with Crippen molar-refractivity contribution < 1.29 is 14.3 Å². The minimum Gasteiger partial charge on any atom is -0.441 e. The van der Waals surface area contributed by atoms with E-state index in [-0.39, 0.29) is 12.0 Å². The Hall–Kier alpha value is -3.77. The molecule has 1 aromatic heterocycles. The van der Waals surface area contributed by atoms with Gasteiger partial charge in [-0.15, -0.1) is 0 Å². The number of hydrogen-bond acceptors (Lipinski definition) is 5. The smallest absolute Gasteiger partial charge is 0.412 e. The topological polar surface area (TPSA) is 68.3 Å². The van der Waals surface area contributed by atoms with Crippen LogP contribution in [0.2, 0.25) is 0 Å². The van der Waals surface area contributed by atoms with Gasteiger partial charge in [0.05, 0.1) is 16.3 Å². The number of aldehydes is 1. The summed E-state index contributed by atoms with van der Waals surface area (Å²) >= 11 is 1.34. The molecule has 4 rings (SSSR count). The Labute approximate surface area is 210 Å². The molecule has 3 aromatic carbocycles. The van der Waals surface area contributed by atoms with E-state index in [4.69, 9.17) is 4.74 Å². The molecule has 0 aliphatic carbocycles. The number of nitrogens with one attached hydrogen (secondary N) is 1. The van der Waals surface area contributed by atoms with Crippen LogP contribution in [0.4, 0.5) is 10.5 Å². The van der Waals surface area contributed by atoms with Gasteiger partial charge in [-0.25, -0.2) is 4.79 Å². The first-order chi connectivity index (χ1) is 17.0. The number of rotatable bonds is 8. The molecule has 0 saturated carbocycles. The largest absolute Gasteiger partial charge is 0.441 e. The normalized spacial score (nSPS) is 12.5. The van der Waals surface area contributed by atoms with E-state index >= 15 is 0 Å². The number of aryl methyl sites for hydroxylation is 1. The van der Waals surface area contributed by atoms with E-state index in [0.717, 1.165) is 51.1 Å². The van der Waals surface area contributed by atoms with Gasteiger partial charge in [-0.1, -0.05) is 85.8 Å². The minimum absolute atomic E-state index is 0.0608. The molecular weight excluding hydrogens is 456 g/mol. The van der Waals surface area contributed by atoms with Crippen molar-refractivity contribution in [2.75, 3.05) is 5.32 Å². The van der Waals surface area contributed by atoms with Crippen LogP contribution < -0.4 is 5.32 Å². The monoisotopic (exact) mass is 484 g/mol. The highest BCUT2D eigenvalue weighted by molar-refractivity contribution is 7.10. The summed E-state index contributed by atoms with van der Waals surface area (Å²) in [5, 5.41) is 2.89. The molecule has 5 nitrogen and oxygen atoms in total. The fraction of sp³-hybridized carbons (Fsp3) is 0.207. The predicted octanol–water partition coefficient (Wildman–Crippen LogP) is 7.79. The third-order valence-corrected chi connectivity index (χ3v) is 7.05. The third kappa shape index (κ3) is 5.66. The lowest BCUT2D eigenvalue weighted by Crippen LogP contribution is -2.16. The average Bonchev–Trinajstić information content (AvgIpc) is 3.25. The highest BCUT2D eigenvalue weighted by atomic mass is 32.1. The molecule has 0 unspecified atom stereocenters. The highest BCUT2D eigenvalue weighted by Gasteiger charge is 2.18. The number of carbonyl (C=O) groups excluding carboxylic acids is 2. The first kappa shape index (κ1) is 24.4. The summed E-state index contributed by atoms with van der Waals surface area (Å²) in [5.41, 5.74) is 6.50. The second kappa shape index (κ2) is 11.1. The van der Waals surface area contributed by atoms with Crippen LogP contribution in [0.15, 0.2) is 78.9 Å². The van der Waals surface area contributed by atoms with Gasteiger partial charge in [0.25, 0.3) is 0 Å². The molecule has 2 atom stereocenters. The molecule has 0 aliphatic heterocycles. The molecule has 0 spiro atoms. The lowest BCUT2D eigenvalue weighted by molar-refractivity contribution is -0.109. The van der Waals surface area contributed by atoms with Gasteiger partial charge in [-0.05, 0) is 59.6 Å². The molecule has 0 bridgehead atoms. The molecule has 0 radical (unpaired) electrons. The van der Waals surface area contributed by atoms with Gasteiger partial charge in [0.1, 0.15) is 12.4 Å². The van der Waals surface area contributed by atoms with Crippen molar-refractivity contribution >= 4 is 29.6 Å². The van der Waals surface area contributed by atoms with Gasteiger partial charge >= 0.3 is 6.09 Å². The molecule has 178 valence electrons. The summed E-state index contributed by atoms with van der Waals surface area (Å²) in [4.78, 5) is 24.7. The maximum absolute atomic E-state index is 12.6. The van der Waals surface area contributed by atoms with E-state index in [1.807, 2.05) is 87.5 Å². The van der Waals surface area contributed by atoms with Crippen LogP contribution in [0.1, 0.15) is 49.1 Å². The summed E-state index contributed by atoms with van der Waals surface area (Å²) in [6, 6.07) is 25.9. The van der Waals surface area contributed by atoms with E-state index in [1.54, 1.807) is 0 Å². The van der Waals surface area contributed by atoms with E-state index in [1.165, 1.54) is 11.5 Å². The van der Waals surface area contributed by atoms with Gasteiger partial charge in [0.15, 0.2) is 0 Å². The van der Waals surface area contributed by atoms with E-state index in [0.29, 0.717) is 5.69 Å². The van der Waals surface area contributed by atoms with Crippen molar-refractivity contribution in [3.63, 3.8) is 0 Å². The van der Waals surface area contributed by atoms with Gasteiger partial charge in [0.2, 0.25) is 0 Å². The zero-order valence-electron chi connectivity index (χ0n) is 20.0. The van der Waals surface area contributed by atoms with E-state index in [9.17, 15) is 9.59 Å². The molecule has 1 N–H and O–H groups in total. The summed E-state index contributed by atoms with van der Waals surface area (Å²) in [7, 11) is 0. The maximum Gasteiger partial charge on any atom is 0.412 e. The number of anilines is 1. The lowest BCUT2D eigenvalue weighted by Gasteiger charge is -2.15. The number of benzene rings is 3. The number of hydrogen-bond donors (Lipinski definition) is 1. The Bertz CT molecular complexity index is 1280. The van der Waals surface area contributed by atoms with Gasteiger partial charge in [0, 0.05) is 5.92 Å². The number of ether oxygens (including phenoxy) is 1. The Kier molecular flexibility index (Phi) is 7.73. The standard InChI is InChI=1S/C29H28N2O3S/c1-4-21(18-32)23-10-12-24(13-11-23)25-14-16-26(17-15-25)28-27(19(2)31-35-28)30-29(33)34-20(3)22-8-6-5-7-9-22/h5-18,20-21H,4H2,1-3H3,(H,30,33)/t20-,21+/m1/s1. The maximum atomic E-state index is 12.6. The molecule has 4 aromatic rings. The molecule has 1 heterocycles. The van der Waals surface area contributed by atoms with Gasteiger partial charge in [-0.3, -0.25) is 5.32 Å². The fourth-order valence-corrected chi connectivity index (χ4v) is 4.80. The van der Waals surface area contributed by atoms with Crippen molar-refractivity contribution in [1.82, 2.24) is 4.37 Å². The Morgan fingerprint density at radius 1 is 0.943 bits per heavy atom. The SMILES string of the molecule is CC[C@@H](C=O)c1ccc(-c2ccc(-c3snc(C)c3NC(=O)O[C@H](C)c3ccccc3)cc2)cc1. The van der Waals surface area contributed by atoms with Crippen LogP contribution in [-0.2, 0) is 9.53 Å². The second-order valence-electron chi connectivity index (χ2n) is 8.41. The van der Waals surface area contributed by atoms with Crippen LogP contribution in [0, 0.1) is 6.92 Å². The van der Waals surface area contributed by atoms with Crippen LogP contribution >= 0.6 is 11.5 Å². The molecule has 0 fully saturated rings. The average molecular weight is 485 g/mol. The predicted molar refractivity (Wildman–Crippen MR) is 142 cm³/mol. The Morgan fingerprint density at radius 3 is 2.14 bits per heavy atom. The van der Waals surface area contributed by atoms with E-state index < -0.39 is 6.09 Å². The molecular formula is C29H28N2O3S. The van der Waals surface area contributed by atoms with Gasteiger partial charge in [-0.2, -0.15) is 4.37 Å². The molecule has 0 aliphatic rings. The van der Waals surface area contributed by atoms with Crippen LogP contribution in [0.3, 0.4) is 0 Å². The summed E-state index contributed by atoms with van der Waals surface area (Å²) in [6.07, 6.45) is 0.922. The second-order valence-corrected chi connectivity index (χ2v) is 9.18. The van der Waals surface area contributed by atoms with Crippen LogP contribution in [-0.4, -0.2) is 16.8 Å². The van der Waals surface area contributed by atoms with E-state index in [2.05, 4.69) is 21.8 Å². The quantitative estimate of drug-likeness (QED) is 0.259. The zero-order chi connectivity index (χ0) is 24.8. The first-order valence-corrected chi connectivity index (χ1v) is 12.4. The number of nitrogens with zero attached hydrogens (tertiary/aromatic N) is 1. The highest BCUT2D eigenvalue weighted by Crippen LogP contribution is 2.36. The van der Waals surface area contributed by atoms with Crippen LogP contribution in [0.25, 0.3) is 21.6 Å². The third-order valence-electron chi connectivity index (χ3n) is 6.07. The summed E-state index contributed by atoms with van der Waals surface area (Å²) < 4.78 is 10.0. The zero-order valence-corrected chi connectivity index (χ0v) is 20.8. The Morgan fingerprint density at radius 2 is 1.54 bits per heavy atom.